The van der Waals surface area contributed by atoms with E-state index in [1.807, 2.05) is 31.2 Å². The Kier molecular flexibility index (Phi) is 5.11. The number of hydrogen-bond donors (Lipinski definition) is 1. The number of nitrogens with one attached hydrogen (secondary N) is 1. The average Bonchev–Trinajstić information content (AvgIpc) is 3.29. The van der Waals surface area contributed by atoms with E-state index in [2.05, 4.69) is 15.5 Å². The van der Waals surface area contributed by atoms with Gasteiger partial charge in [0, 0.05) is 24.6 Å². The first-order valence-corrected chi connectivity index (χ1v) is 9.97. The first kappa shape index (κ1) is 18.6. The molecule has 0 aliphatic carbocycles. The summed E-state index contributed by atoms with van der Waals surface area (Å²) in [6.07, 6.45) is 0.376. The van der Waals surface area contributed by atoms with Gasteiger partial charge < -0.3 is 4.90 Å². The molecule has 1 N–H and O–H groups in total. The number of aromatic nitrogens is 2. The summed E-state index contributed by atoms with van der Waals surface area (Å²) in [5, 5.41) is 12.5. The Morgan fingerprint density at radius 1 is 1.18 bits per heavy atom. The molecule has 142 valence electrons. The van der Waals surface area contributed by atoms with E-state index in [0.717, 1.165) is 16.3 Å². The SMILES string of the molecule is Cc1ccccc1N1C[C@H](c2nnc(NC(=O)c3ccccc3Cl)s2)CC1=O. The molecule has 6 nitrogen and oxygen atoms in total. The van der Waals surface area contributed by atoms with E-state index in [9.17, 15) is 9.59 Å². The third-order valence-corrected chi connectivity index (χ3v) is 5.99. The number of halogens is 1. The fourth-order valence-corrected chi connectivity index (χ4v) is 4.28. The Morgan fingerprint density at radius 2 is 1.93 bits per heavy atom. The number of benzene rings is 2. The summed E-state index contributed by atoms with van der Waals surface area (Å²) in [5.41, 5.74) is 2.36. The molecule has 1 aromatic heterocycles. The van der Waals surface area contributed by atoms with Crippen molar-refractivity contribution in [3.63, 3.8) is 0 Å². The number of amides is 2. The predicted molar refractivity (Wildman–Crippen MR) is 110 cm³/mol. The lowest BCUT2D eigenvalue weighted by Gasteiger charge is -2.18. The van der Waals surface area contributed by atoms with Gasteiger partial charge in [-0.15, -0.1) is 10.2 Å². The Labute approximate surface area is 171 Å². The summed E-state index contributed by atoms with van der Waals surface area (Å²) in [7, 11) is 0. The minimum absolute atomic E-state index is 0.0458. The molecule has 4 rings (SSSR count). The largest absolute Gasteiger partial charge is 0.311 e. The van der Waals surface area contributed by atoms with Crippen molar-refractivity contribution in [2.45, 2.75) is 19.3 Å². The summed E-state index contributed by atoms with van der Waals surface area (Å²) in [4.78, 5) is 26.7. The van der Waals surface area contributed by atoms with Crippen LogP contribution in [0.1, 0.15) is 33.3 Å². The summed E-state index contributed by atoms with van der Waals surface area (Å²) >= 11 is 7.35. The predicted octanol–water partition coefficient (Wildman–Crippen LogP) is 4.27. The molecule has 0 spiro atoms. The van der Waals surface area contributed by atoms with Crippen molar-refractivity contribution in [2.24, 2.45) is 0 Å². The molecule has 0 saturated carbocycles. The Morgan fingerprint density at radius 3 is 2.71 bits per heavy atom. The van der Waals surface area contributed by atoms with Gasteiger partial charge in [-0.05, 0) is 30.7 Å². The van der Waals surface area contributed by atoms with Crippen LogP contribution in [0.4, 0.5) is 10.8 Å². The Balaban J connectivity index is 1.48. The molecule has 1 aliphatic rings. The number of aryl methyl sites for hydroxylation is 1. The van der Waals surface area contributed by atoms with Gasteiger partial charge in [0.15, 0.2) is 0 Å². The van der Waals surface area contributed by atoms with Crippen molar-refractivity contribution in [3.8, 4) is 0 Å². The maximum atomic E-state index is 12.5. The molecule has 2 amide bonds. The quantitative estimate of drug-likeness (QED) is 0.694. The number of hydrogen-bond acceptors (Lipinski definition) is 5. The first-order chi connectivity index (χ1) is 13.5. The van der Waals surface area contributed by atoms with Crippen molar-refractivity contribution in [1.29, 1.82) is 0 Å². The summed E-state index contributed by atoms with van der Waals surface area (Å²) < 4.78 is 0. The number of rotatable bonds is 4. The van der Waals surface area contributed by atoms with Gasteiger partial charge in [0.05, 0.1) is 10.6 Å². The third-order valence-electron chi connectivity index (χ3n) is 4.66. The molecule has 3 aromatic rings. The highest BCUT2D eigenvalue weighted by Gasteiger charge is 2.34. The number of carbonyl (C=O) groups is 2. The highest BCUT2D eigenvalue weighted by atomic mass is 35.5. The topological polar surface area (TPSA) is 75.2 Å². The van der Waals surface area contributed by atoms with Gasteiger partial charge in [0.1, 0.15) is 5.01 Å². The zero-order valence-electron chi connectivity index (χ0n) is 15.1. The van der Waals surface area contributed by atoms with Crippen molar-refractivity contribution >= 4 is 45.6 Å². The summed E-state index contributed by atoms with van der Waals surface area (Å²) in [5.74, 6) is -0.316. The van der Waals surface area contributed by atoms with E-state index in [-0.39, 0.29) is 17.7 Å². The van der Waals surface area contributed by atoms with E-state index in [1.54, 1.807) is 29.2 Å². The lowest BCUT2D eigenvalue weighted by atomic mass is 10.1. The van der Waals surface area contributed by atoms with Crippen molar-refractivity contribution < 1.29 is 9.59 Å². The van der Waals surface area contributed by atoms with Crippen LogP contribution in [0.2, 0.25) is 5.02 Å². The minimum atomic E-state index is -0.336. The Hall–Kier alpha value is -2.77. The van der Waals surface area contributed by atoms with E-state index in [4.69, 9.17) is 11.6 Å². The lowest BCUT2D eigenvalue weighted by Crippen LogP contribution is -2.25. The molecule has 2 aromatic carbocycles. The number of carbonyl (C=O) groups excluding carboxylic acids is 2. The molecule has 1 saturated heterocycles. The summed E-state index contributed by atoms with van der Waals surface area (Å²) in [6.45, 7) is 2.54. The first-order valence-electron chi connectivity index (χ1n) is 8.78. The molecule has 0 bridgehead atoms. The van der Waals surface area contributed by atoms with Crippen LogP contribution in [0.25, 0.3) is 0 Å². The minimum Gasteiger partial charge on any atom is -0.311 e. The molecular weight excluding hydrogens is 396 g/mol. The van der Waals surface area contributed by atoms with Crippen LogP contribution in [0.5, 0.6) is 0 Å². The molecule has 0 radical (unpaired) electrons. The monoisotopic (exact) mass is 412 g/mol. The number of anilines is 2. The van der Waals surface area contributed by atoms with Crippen molar-refractivity contribution in [3.05, 3.63) is 69.7 Å². The molecule has 1 atom stereocenters. The summed E-state index contributed by atoms with van der Waals surface area (Å²) in [6, 6.07) is 14.6. The normalized spacial score (nSPS) is 16.4. The van der Waals surface area contributed by atoms with Crippen LogP contribution in [-0.4, -0.2) is 28.6 Å². The van der Waals surface area contributed by atoms with Gasteiger partial charge in [0.2, 0.25) is 11.0 Å². The van der Waals surface area contributed by atoms with Crippen LogP contribution in [0.15, 0.2) is 48.5 Å². The van der Waals surface area contributed by atoms with E-state index in [0.29, 0.717) is 28.7 Å². The van der Waals surface area contributed by atoms with Gasteiger partial charge in [-0.25, -0.2) is 0 Å². The second-order valence-corrected chi connectivity index (χ2v) is 7.99. The van der Waals surface area contributed by atoms with Crippen molar-refractivity contribution in [2.75, 3.05) is 16.8 Å². The van der Waals surface area contributed by atoms with Gasteiger partial charge in [-0.1, -0.05) is 53.3 Å². The maximum absolute atomic E-state index is 12.5. The van der Waals surface area contributed by atoms with Gasteiger partial charge >= 0.3 is 0 Å². The van der Waals surface area contributed by atoms with E-state index >= 15 is 0 Å². The zero-order chi connectivity index (χ0) is 19.7. The molecule has 1 aliphatic heterocycles. The van der Waals surface area contributed by atoms with Crippen LogP contribution < -0.4 is 10.2 Å². The standard InChI is InChI=1S/C20H17ClN4O2S/c1-12-6-2-5-9-16(12)25-11-13(10-17(25)26)19-23-24-20(28-19)22-18(27)14-7-3-4-8-15(14)21/h2-9,13H,10-11H2,1H3,(H,22,24,27)/t13-/m1/s1. The van der Waals surface area contributed by atoms with E-state index < -0.39 is 0 Å². The van der Waals surface area contributed by atoms with E-state index in [1.165, 1.54) is 11.3 Å². The molecule has 2 heterocycles. The second kappa shape index (κ2) is 7.69. The molecule has 0 unspecified atom stereocenters. The molecular formula is C20H17ClN4O2S. The zero-order valence-corrected chi connectivity index (χ0v) is 16.6. The van der Waals surface area contributed by atoms with Gasteiger partial charge in [-0.3, -0.25) is 14.9 Å². The maximum Gasteiger partial charge on any atom is 0.259 e. The van der Waals surface area contributed by atoms with Crippen molar-refractivity contribution in [1.82, 2.24) is 10.2 Å². The molecule has 1 fully saturated rings. The van der Waals surface area contributed by atoms with Crippen LogP contribution in [-0.2, 0) is 4.79 Å². The fraction of sp³-hybridized carbons (Fsp3) is 0.200. The molecule has 28 heavy (non-hydrogen) atoms. The highest BCUT2D eigenvalue weighted by Crippen LogP contribution is 2.35. The smallest absolute Gasteiger partial charge is 0.259 e. The van der Waals surface area contributed by atoms with Gasteiger partial charge in [-0.2, -0.15) is 0 Å². The van der Waals surface area contributed by atoms with Crippen LogP contribution in [0, 0.1) is 6.92 Å². The molecule has 8 heteroatoms. The van der Waals surface area contributed by atoms with Gasteiger partial charge in [0.25, 0.3) is 5.91 Å². The fourth-order valence-electron chi connectivity index (χ4n) is 3.23. The highest BCUT2D eigenvalue weighted by molar-refractivity contribution is 7.15. The van der Waals surface area contributed by atoms with Crippen LogP contribution >= 0.6 is 22.9 Å². The third kappa shape index (κ3) is 3.63. The second-order valence-electron chi connectivity index (χ2n) is 6.57. The average molecular weight is 413 g/mol. The number of nitrogens with zero attached hydrogens (tertiary/aromatic N) is 3. The lowest BCUT2D eigenvalue weighted by molar-refractivity contribution is -0.117. The number of para-hydroxylation sites is 1. The van der Waals surface area contributed by atoms with Crippen LogP contribution in [0.3, 0.4) is 0 Å². The Bertz CT molecular complexity index is 1050.